The van der Waals surface area contributed by atoms with Gasteiger partial charge in [-0.15, -0.1) is 0 Å². The molecule has 0 aliphatic heterocycles. The van der Waals surface area contributed by atoms with Crippen molar-refractivity contribution in [2.75, 3.05) is 0 Å². The van der Waals surface area contributed by atoms with Gasteiger partial charge in [-0.3, -0.25) is 0 Å². The van der Waals surface area contributed by atoms with Crippen LogP contribution in [0.15, 0.2) is 41.4 Å². The largest absolute Gasteiger partial charge is 0.194 e. The van der Waals surface area contributed by atoms with Crippen LogP contribution in [-0.2, 0) is 6.42 Å². The summed E-state index contributed by atoms with van der Waals surface area (Å²) in [5.41, 5.74) is 3.43. The van der Waals surface area contributed by atoms with Crippen LogP contribution in [0.3, 0.4) is 0 Å². The average Bonchev–Trinajstić information content (AvgIpc) is 2.33. The summed E-state index contributed by atoms with van der Waals surface area (Å²) in [6.07, 6.45) is 5.29. The van der Waals surface area contributed by atoms with Crippen molar-refractivity contribution in [3.05, 3.63) is 47.5 Å². The Morgan fingerprint density at radius 2 is 2.12 bits per heavy atom. The van der Waals surface area contributed by atoms with Gasteiger partial charge in [-0.25, -0.2) is 0 Å². The van der Waals surface area contributed by atoms with Crippen LogP contribution in [0.4, 0.5) is 5.69 Å². The highest BCUT2D eigenvalue weighted by Gasteiger charge is 2.11. The highest BCUT2D eigenvalue weighted by Crippen LogP contribution is 2.34. The number of aliphatic imine (C=N–C) groups is 1. The van der Waals surface area contributed by atoms with Crippen molar-refractivity contribution in [1.29, 1.82) is 0 Å². The highest BCUT2D eigenvalue weighted by atomic mass is 32.1. The second-order valence-electron chi connectivity index (χ2n) is 3.82. The van der Waals surface area contributed by atoms with Crippen molar-refractivity contribution >= 4 is 39.9 Å². The van der Waals surface area contributed by atoms with Crippen molar-refractivity contribution in [2.24, 2.45) is 4.99 Å². The lowest BCUT2D eigenvalue weighted by Gasteiger charge is -2.13. The normalized spacial score (nSPS) is 12.5. The molecule has 3 rings (SSSR count). The Morgan fingerprint density at radius 3 is 3.00 bits per heavy atom. The molecule has 1 aliphatic rings. The predicted molar refractivity (Wildman–Crippen MR) is 71.4 cm³/mol. The summed E-state index contributed by atoms with van der Waals surface area (Å²) in [7, 11) is 0. The molecule has 76 valence electrons. The summed E-state index contributed by atoms with van der Waals surface area (Å²) < 4.78 is 0. The molecule has 0 heterocycles. The maximum Gasteiger partial charge on any atom is 0.0818 e. The monoisotopic (exact) mass is 223 g/mol. The first-order chi connectivity index (χ1) is 7.90. The van der Waals surface area contributed by atoms with E-state index in [0.29, 0.717) is 0 Å². The van der Waals surface area contributed by atoms with Gasteiger partial charge in [0.2, 0.25) is 0 Å². The fourth-order valence-electron chi connectivity index (χ4n) is 2.26. The van der Waals surface area contributed by atoms with Gasteiger partial charge >= 0.3 is 0 Å². The molecule has 0 saturated carbocycles. The molecule has 0 saturated heterocycles. The molecule has 0 aromatic heterocycles. The quantitative estimate of drug-likeness (QED) is 0.522. The molecule has 0 bridgehead atoms. The van der Waals surface area contributed by atoms with Crippen molar-refractivity contribution in [3.8, 4) is 0 Å². The zero-order valence-corrected chi connectivity index (χ0v) is 9.42. The first-order valence-corrected chi connectivity index (χ1v) is 5.60. The Morgan fingerprint density at radius 1 is 1.19 bits per heavy atom. The minimum Gasteiger partial charge on any atom is -0.194 e. The van der Waals surface area contributed by atoms with Crippen molar-refractivity contribution in [2.45, 2.75) is 6.42 Å². The molecule has 1 aliphatic carbocycles. The molecule has 1 nitrogen and oxygen atoms in total. The van der Waals surface area contributed by atoms with Crippen LogP contribution >= 0.6 is 12.2 Å². The van der Waals surface area contributed by atoms with Crippen LogP contribution in [0, 0.1) is 0 Å². The lowest BCUT2D eigenvalue weighted by Crippen LogP contribution is -1.92. The van der Waals surface area contributed by atoms with Crippen LogP contribution in [-0.4, -0.2) is 5.16 Å². The van der Waals surface area contributed by atoms with E-state index in [2.05, 4.69) is 58.8 Å². The topological polar surface area (TPSA) is 12.4 Å². The number of isothiocyanates is 1. The van der Waals surface area contributed by atoms with E-state index in [1.54, 1.807) is 0 Å². The van der Waals surface area contributed by atoms with Gasteiger partial charge in [0.05, 0.1) is 10.8 Å². The van der Waals surface area contributed by atoms with E-state index in [0.717, 1.165) is 17.7 Å². The maximum absolute atomic E-state index is 4.67. The molecule has 2 aromatic carbocycles. The summed E-state index contributed by atoms with van der Waals surface area (Å²) in [6.45, 7) is 0. The zero-order chi connectivity index (χ0) is 11.0. The van der Waals surface area contributed by atoms with Crippen LogP contribution in [0.2, 0.25) is 0 Å². The minimum absolute atomic E-state index is 0.908. The van der Waals surface area contributed by atoms with E-state index in [-0.39, 0.29) is 0 Å². The standard InChI is InChI=1S/C14H9NS/c16-9-15-13-8-7-11-4-1-3-10-5-2-6-12(13)14(10)11/h1-4,6-8H,5H2. The van der Waals surface area contributed by atoms with E-state index < -0.39 is 0 Å². The average molecular weight is 223 g/mol. The molecule has 2 aromatic rings. The number of benzene rings is 2. The SMILES string of the molecule is S=C=Nc1ccc2cccc3c2c1C=CC3. The second kappa shape index (κ2) is 3.67. The van der Waals surface area contributed by atoms with E-state index >= 15 is 0 Å². The molecular weight excluding hydrogens is 214 g/mol. The minimum atomic E-state index is 0.908. The van der Waals surface area contributed by atoms with Crippen LogP contribution in [0.25, 0.3) is 16.8 Å². The fourth-order valence-corrected chi connectivity index (χ4v) is 2.36. The van der Waals surface area contributed by atoms with Gasteiger partial charge in [0.1, 0.15) is 0 Å². The van der Waals surface area contributed by atoms with Gasteiger partial charge in [-0.05, 0) is 41.0 Å². The van der Waals surface area contributed by atoms with E-state index in [1.807, 2.05) is 6.07 Å². The molecular formula is C14H9NS. The van der Waals surface area contributed by atoms with E-state index in [4.69, 9.17) is 0 Å². The molecule has 0 amide bonds. The van der Waals surface area contributed by atoms with E-state index in [9.17, 15) is 0 Å². The van der Waals surface area contributed by atoms with Crippen molar-refractivity contribution in [1.82, 2.24) is 0 Å². The highest BCUT2D eigenvalue weighted by molar-refractivity contribution is 7.78. The van der Waals surface area contributed by atoms with Crippen molar-refractivity contribution < 1.29 is 0 Å². The van der Waals surface area contributed by atoms with Crippen LogP contribution < -0.4 is 0 Å². The Balaban J connectivity index is 2.48. The third-order valence-corrected chi connectivity index (χ3v) is 3.03. The Kier molecular flexibility index (Phi) is 2.17. The fraction of sp³-hybridized carbons (Fsp3) is 0.0714. The van der Waals surface area contributed by atoms with Gasteiger partial charge < -0.3 is 0 Å². The lowest BCUT2D eigenvalue weighted by atomic mass is 9.92. The summed E-state index contributed by atoms with van der Waals surface area (Å²) in [4.78, 5) is 4.12. The lowest BCUT2D eigenvalue weighted by molar-refractivity contribution is 1.29. The van der Waals surface area contributed by atoms with Gasteiger partial charge in [-0.1, -0.05) is 36.4 Å². The summed E-state index contributed by atoms with van der Waals surface area (Å²) in [5.74, 6) is 0. The number of rotatable bonds is 1. The number of hydrogen-bond donors (Lipinski definition) is 0. The molecule has 16 heavy (non-hydrogen) atoms. The molecule has 0 N–H and O–H groups in total. The van der Waals surface area contributed by atoms with Crippen molar-refractivity contribution in [3.63, 3.8) is 0 Å². The van der Waals surface area contributed by atoms with Crippen LogP contribution in [0.5, 0.6) is 0 Å². The Bertz CT molecular complexity index is 649. The summed E-state index contributed by atoms with van der Waals surface area (Å²) in [6, 6.07) is 10.5. The molecule has 0 unspecified atom stereocenters. The summed E-state index contributed by atoms with van der Waals surface area (Å²) in [5, 5.41) is 5.01. The third kappa shape index (κ3) is 1.32. The zero-order valence-electron chi connectivity index (χ0n) is 8.60. The van der Waals surface area contributed by atoms with Gasteiger partial charge in [0.15, 0.2) is 0 Å². The Labute approximate surface area is 99.1 Å². The van der Waals surface area contributed by atoms with Gasteiger partial charge in [0, 0.05) is 5.56 Å². The first-order valence-electron chi connectivity index (χ1n) is 5.19. The molecule has 2 heteroatoms. The molecule has 0 atom stereocenters. The number of thiocarbonyl (C=S) groups is 1. The predicted octanol–water partition coefficient (Wildman–Crippen LogP) is 4.14. The van der Waals surface area contributed by atoms with Gasteiger partial charge in [0.25, 0.3) is 0 Å². The molecule has 0 fully saturated rings. The second-order valence-corrected chi connectivity index (χ2v) is 4.01. The maximum atomic E-state index is 4.67. The number of allylic oxidation sites excluding steroid dienone is 1. The van der Waals surface area contributed by atoms with Crippen LogP contribution in [0.1, 0.15) is 11.1 Å². The van der Waals surface area contributed by atoms with Gasteiger partial charge in [-0.2, -0.15) is 4.99 Å². The smallest absolute Gasteiger partial charge is 0.0818 e. The Hall–Kier alpha value is -1.76. The summed E-state index contributed by atoms with van der Waals surface area (Å²) >= 11 is 4.67. The van der Waals surface area contributed by atoms with E-state index in [1.165, 1.54) is 16.3 Å². The molecule has 0 radical (unpaired) electrons. The number of nitrogens with zero attached hydrogens (tertiary/aromatic N) is 1. The number of hydrogen-bond acceptors (Lipinski definition) is 2. The first kappa shape index (κ1) is 9.46. The molecule has 0 spiro atoms. The third-order valence-electron chi connectivity index (χ3n) is 2.94.